The van der Waals surface area contributed by atoms with Gasteiger partial charge in [0.2, 0.25) is 0 Å². The molecule has 0 spiro atoms. The molecule has 6 heteroatoms. The van der Waals surface area contributed by atoms with Crippen LogP contribution in [-0.2, 0) is 4.79 Å². The summed E-state index contributed by atoms with van der Waals surface area (Å²) in [7, 11) is 2.19. The van der Waals surface area contributed by atoms with Crippen molar-refractivity contribution in [2.45, 2.75) is 52.6 Å². The first-order valence-electron chi connectivity index (χ1n) is 11.3. The molecule has 0 saturated heterocycles. The number of rotatable bonds is 11. The normalized spacial score (nSPS) is 13.9. The number of likely N-dealkylation sites (N-methyl/N-ethyl adjacent to an activating group) is 1. The molecule has 2 atom stereocenters. The summed E-state index contributed by atoms with van der Waals surface area (Å²) in [6.07, 6.45) is 8.10. The highest BCUT2D eigenvalue weighted by molar-refractivity contribution is 5.84. The van der Waals surface area contributed by atoms with Crippen LogP contribution in [0.25, 0.3) is 10.8 Å². The third-order valence-electron chi connectivity index (χ3n) is 6.22. The van der Waals surface area contributed by atoms with Crippen molar-refractivity contribution in [1.29, 1.82) is 0 Å². The predicted molar refractivity (Wildman–Crippen MR) is 128 cm³/mol. The van der Waals surface area contributed by atoms with Crippen molar-refractivity contribution < 1.29 is 14.6 Å². The summed E-state index contributed by atoms with van der Waals surface area (Å²) in [6, 6.07) is 12.9. The smallest absolute Gasteiger partial charge is 0.312 e. The third-order valence-corrected chi connectivity index (χ3v) is 6.22. The van der Waals surface area contributed by atoms with E-state index in [1.54, 1.807) is 13.8 Å². The predicted octanol–water partition coefficient (Wildman–Crippen LogP) is 5.24. The van der Waals surface area contributed by atoms with Crippen molar-refractivity contribution in [2.75, 3.05) is 20.2 Å². The van der Waals surface area contributed by atoms with E-state index in [0.29, 0.717) is 11.8 Å². The first kappa shape index (κ1) is 23.8. The summed E-state index contributed by atoms with van der Waals surface area (Å²) in [5.41, 5.74) is 0.295. The number of fused-ring (bicyclic) bond motifs is 1. The Bertz CT molecular complexity index is 1030. The van der Waals surface area contributed by atoms with E-state index in [9.17, 15) is 9.90 Å². The van der Waals surface area contributed by atoms with Gasteiger partial charge in [-0.2, -0.15) is 0 Å². The van der Waals surface area contributed by atoms with Crippen LogP contribution >= 0.6 is 0 Å². The Morgan fingerprint density at radius 3 is 2.59 bits per heavy atom. The van der Waals surface area contributed by atoms with Crippen LogP contribution in [0.15, 0.2) is 55.1 Å². The van der Waals surface area contributed by atoms with Crippen LogP contribution in [0.2, 0.25) is 0 Å². The van der Waals surface area contributed by atoms with Crippen LogP contribution in [-0.4, -0.2) is 51.8 Å². The van der Waals surface area contributed by atoms with Crippen molar-refractivity contribution in [1.82, 2.24) is 14.5 Å². The molecule has 172 valence electrons. The average molecular weight is 438 g/mol. The van der Waals surface area contributed by atoms with Gasteiger partial charge in [-0.1, -0.05) is 31.5 Å². The maximum Gasteiger partial charge on any atom is 0.312 e. The Labute approximate surface area is 190 Å². The van der Waals surface area contributed by atoms with E-state index < -0.39 is 11.4 Å². The van der Waals surface area contributed by atoms with E-state index in [1.165, 1.54) is 18.4 Å². The van der Waals surface area contributed by atoms with Gasteiger partial charge in [0.25, 0.3) is 0 Å². The molecule has 0 radical (unpaired) electrons. The van der Waals surface area contributed by atoms with Gasteiger partial charge in [0.1, 0.15) is 12.4 Å². The number of carbonyl (C=O) groups is 1. The number of hydrogen-bond acceptors (Lipinski definition) is 4. The van der Waals surface area contributed by atoms with E-state index in [4.69, 9.17) is 4.74 Å². The number of unbranched alkanes of at least 4 members (excludes halogenated alkanes) is 1. The summed E-state index contributed by atoms with van der Waals surface area (Å²) in [5.74, 6) is -0.190. The fraction of sp³-hybridized carbons (Fsp3) is 0.462. The van der Waals surface area contributed by atoms with Crippen LogP contribution in [0.5, 0.6) is 5.75 Å². The number of nitrogens with zero attached hydrogens (tertiary/aromatic N) is 3. The summed E-state index contributed by atoms with van der Waals surface area (Å²) in [5, 5.41) is 11.5. The number of aliphatic carboxylic acids is 1. The van der Waals surface area contributed by atoms with Crippen molar-refractivity contribution >= 4 is 16.7 Å². The minimum absolute atomic E-state index is 0.121. The van der Waals surface area contributed by atoms with Gasteiger partial charge in [0, 0.05) is 18.4 Å². The molecular formula is C26H35N3O3. The lowest BCUT2D eigenvalue weighted by atomic mass is 9.95. The monoisotopic (exact) mass is 437 g/mol. The largest absolute Gasteiger partial charge is 0.492 e. The lowest BCUT2D eigenvalue weighted by Crippen LogP contribution is -2.37. The molecule has 3 rings (SSSR count). The molecule has 0 unspecified atom stereocenters. The Morgan fingerprint density at radius 2 is 1.94 bits per heavy atom. The molecule has 2 aromatic carbocycles. The highest BCUT2D eigenvalue weighted by atomic mass is 16.5. The van der Waals surface area contributed by atoms with E-state index in [0.717, 1.165) is 17.3 Å². The summed E-state index contributed by atoms with van der Waals surface area (Å²) in [4.78, 5) is 18.0. The van der Waals surface area contributed by atoms with Gasteiger partial charge in [-0.05, 0) is 75.3 Å². The zero-order valence-corrected chi connectivity index (χ0v) is 19.8. The minimum Gasteiger partial charge on any atom is -0.492 e. The number of carboxylic acid groups (broad SMARTS) is 1. The van der Waals surface area contributed by atoms with Crippen molar-refractivity contribution in [3.8, 4) is 5.75 Å². The maximum atomic E-state index is 11.3. The molecule has 1 N–H and O–H groups in total. The van der Waals surface area contributed by atoms with Crippen LogP contribution < -0.4 is 4.74 Å². The second kappa shape index (κ2) is 10.2. The molecular weight excluding hydrogens is 402 g/mol. The second-order valence-electron chi connectivity index (χ2n) is 9.28. The van der Waals surface area contributed by atoms with E-state index >= 15 is 0 Å². The zero-order chi connectivity index (χ0) is 23.3. The summed E-state index contributed by atoms with van der Waals surface area (Å²) in [6.45, 7) is 9.00. The third kappa shape index (κ3) is 5.49. The SMILES string of the molecule is CCCCN(C)[C@H](C)[C@@H](c1ccc2cc(OCC(C)(C)C(=O)O)ccc2c1)n1ccnc1. The Balaban J connectivity index is 1.87. The standard InChI is InChI=1S/C26H35N3O3/c1-6-7-13-28(5)19(2)24(29-14-12-27-18-29)22-9-8-21-16-23(11-10-20(21)15-22)32-17-26(3,4)25(30)31/h8-12,14-16,18-19,24H,6-7,13,17H2,1-5H3,(H,30,31)/t19-,24+/m1/s1. The minimum atomic E-state index is -0.934. The van der Waals surface area contributed by atoms with Crippen molar-refractivity contribution in [3.63, 3.8) is 0 Å². The lowest BCUT2D eigenvalue weighted by Gasteiger charge is -2.33. The van der Waals surface area contributed by atoms with E-state index in [2.05, 4.69) is 53.5 Å². The van der Waals surface area contributed by atoms with Gasteiger partial charge in [0.05, 0.1) is 17.8 Å². The quantitative estimate of drug-likeness (QED) is 0.445. The van der Waals surface area contributed by atoms with Gasteiger partial charge in [-0.3, -0.25) is 4.79 Å². The zero-order valence-electron chi connectivity index (χ0n) is 19.8. The number of imidazole rings is 1. The van der Waals surface area contributed by atoms with Crippen molar-refractivity contribution in [2.24, 2.45) is 5.41 Å². The lowest BCUT2D eigenvalue weighted by molar-refractivity contribution is -0.148. The van der Waals surface area contributed by atoms with Crippen LogP contribution in [0.4, 0.5) is 0 Å². The molecule has 32 heavy (non-hydrogen) atoms. The molecule has 3 aromatic rings. The highest BCUT2D eigenvalue weighted by Gasteiger charge is 2.28. The topological polar surface area (TPSA) is 67.6 Å². The number of benzene rings is 2. The van der Waals surface area contributed by atoms with Gasteiger partial charge in [0.15, 0.2) is 0 Å². The molecule has 0 fully saturated rings. The average Bonchev–Trinajstić information content (AvgIpc) is 3.30. The van der Waals surface area contributed by atoms with Crippen LogP contribution in [0.3, 0.4) is 0 Å². The van der Waals surface area contributed by atoms with Gasteiger partial charge >= 0.3 is 5.97 Å². The number of carboxylic acids is 1. The first-order valence-corrected chi connectivity index (χ1v) is 11.3. The maximum absolute atomic E-state index is 11.3. The first-order chi connectivity index (χ1) is 15.2. The molecule has 1 heterocycles. The van der Waals surface area contributed by atoms with Gasteiger partial charge in [-0.25, -0.2) is 4.98 Å². The molecule has 0 aliphatic carbocycles. The highest BCUT2D eigenvalue weighted by Crippen LogP contribution is 2.30. The molecule has 0 aliphatic heterocycles. The molecule has 1 aromatic heterocycles. The van der Waals surface area contributed by atoms with Gasteiger partial charge in [-0.15, -0.1) is 0 Å². The number of ether oxygens (including phenoxy) is 1. The Morgan fingerprint density at radius 1 is 1.22 bits per heavy atom. The fourth-order valence-electron chi connectivity index (χ4n) is 3.83. The van der Waals surface area contributed by atoms with E-state index in [-0.39, 0.29) is 12.6 Å². The Hall–Kier alpha value is -2.86. The number of aromatic nitrogens is 2. The molecule has 0 saturated carbocycles. The molecule has 0 aliphatic rings. The van der Waals surface area contributed by atoms with Gasteiger partial charge < -0.3 is 19.3 Å². The molecule has 6 nitrogen and oxygen atoms in total. The second-order valence-corrected chi connectivity index (χ2v) is 9.28. The van der Waals surface area contributed by atoms with Crippen molar-refractivity contribution in [3.05, 3.63) is 60.7 Å². The van der Waals surface area contributed by atoms with Crippen LogP contribution in [0.1, 0.15) is 52.1 Å². The summed E-state index contributed by atoms with van der Waals surface area (Å²) < 4.78 is 7.96. The van der Waals surface area contributed by atoms with E-state index in [1.807, 2.05) is 36.9 Å². The fourth-order valence-corrected chi connectivity index (χ4v) is 3.83. The molecule has 0 bridgehead atoms. The molecule has 0 amide bonds. The summed E-state index contributed by atoms with van der Waals surface area (Å²) >= 11 is 0. The van der Waals surface area contributed by atoms with Crippen LogP contribution in [0, 0.1) is 5.41 Å². The number of hydrogen-bond donors (Lipinski definition) is 1. The Kier molecular flexibility index (Phi) is 7.56.